The minimum Gasteiger partial charge on any atom is -0.496 e. The summed E-state index contributed by atoms with van der Waals surface area (Å²) in [6.45, 7) is 0. The average molecular weight is 338 g/mol. The molecule has 0 atom stereocenters. The lowest BCUT2D eigenvalue weighted by atomic mass is 9.88. The van der Waals surface area contributed by atoms with Crippen molar-refractivity contribution in [2.75, 3.05) is 7.11 Å². The molecule has 1 heteroatoms. The van der Waals surface area contributed by atoms with Crippen molar-refractivity contribution in [1.29, 1.82) is 0 Å². The summed E-state index contributed by atoms with van der Waals surface area (Å²) in [4.78, 5) is 0. The van der Waals surface area contributed by atoms with Crippen molar-refractivity contribution >= 4 is 21.5 Å². The summed E-state index contributed by atoms with van der Waals surface area (Å²) in [5, 5.41) is 5.33. The molecule has 0 fully saturated rings. The molecule has 1 nitrogen and oxygen atoms in total. The Morgan fingerprint density at radius 1 is 0.577 bits per heavy atom. The molecule has 26 heavy (non-hydrogen) atoms. The van der Waals surface area contributed by atoms with Gasteiger partial charge in [0.2, 0.25) is 0 Å². The van der Waals surface area contributed by atoms with Crippen LogP contribution in [-0.2, 0) is 25.7 Å². The molecule has 0 aliphatic heterocycles. The van der Waals surface area contributed by atoms with Gasteiger partial charge in [-0.2, -0.15) is 0 Å². The standard InChI is InChI=1S/C25H22O/c1-26-24-4-2-3-23-22(24)16-15-21-19-11-9-17-5-7-18(8-6-17)10-12-20(14-13-19)25(21)23/h2-8,13-16H,9-12H2,1H3. The summed E-state index contributed by atoms with van der Waals surface area (Å²) in [5.41, 5.74) is 5.73. The van der Waals surface area contributed by atoms with Gasteiger partial charge in [0.25, 0.3) is 0 Å². The van der Waals surface area contributed by atoms with Gasteiger partial charge in [0.1, 0.15) is 5.75 Å². The molecule has 128 valence electrons. The lowest BCUT2D eigenvalue weighted by molar-refractivity contribution is 0.420. The molecule has 4 bridgehead atoms. The maximum absolute atomic E-state index is 5.62. The topological polar surface area (TPSA) is 9.23 Å². The molecule has 0 unspecified atom stereocenters. The largest absolute Gasteiger partial charge is 0.496 e. The molecule has 4 aliphatic rings. The highest BCUT2D eigenvalue weighted by atomic mass is 16.5. The number of hydrogen-bond donors (Lipinski definition) is 0. The lowest BCUT2D eigenvalue weighted by Gasteiger charge is -2.17. The van der Waals surface area contributed by atoms with E-state index in [-0.39, 0.29) is 0 Å². The van der Waals surface area contributed by atoms with Gasteiger partial charge in [-0.3, -0.25) is 0 Å². The van der Waals surface area contributed by atoms with E-state index in [1.807, 2.05) is 0 Å². The number of ether oxygens (including phenoxy) is 1. The van der Waals surface area contributed by atoms with Crippen LogP contribution in [0.15, 0.2) is 66.7 Å². The van der Waals surface area contributed by atoms with E-state index in [0.717, 1.165) is 31.4 Å². The number of benzene rings is 4. The predicted molar refractivity (Wildman–Crippen MR) is 109 cm³/mol. The highest BCUT2D eigenvalue weighted by Gasteiger charge is 2.13. The smallest absolute Gasteiger partial charge is 0.126 e. The fraction of sp³-hybridized carbons (Fsp3) is 0.200. The summed E-state index contributed by atoms with van der Waals surface area (Å²) >= 11 is 0. The fourth-order valence-corrected chi connectivity index (χ4v) is 4.35. The van der Waals surface area contributed by atoms with Crippen LogP contribution in [0, 0.1) is 0 Å². The average Bonchev–Trinajstić information content (AvgIpc) is 2.69. The second-order valence-corrected chi connectivity index (χ2v) is 7.24. The highest BCUT2D eigenvalue weighted by molar-refractivity contribution is 6.11. The summed E-state index contributed by atoms with van der Waals surface area (Å²) in [7, 11) is 1.76. The summed E-state index contributed by atoms with van der Waals surface area (Å²) < 4.78 is 5.62. The van der Waals surface area contributed by atoms with Gasteiger partial charge in [0.05, 0.1) is 7.11 Å². The monoisotopic (exact) mass is 338 g/mol. The minimum absolute atomic E-state index is 0.955. The first-order valence-electron chi connectivity index (χ1n) is 9.41. The minimum atomic E-state index is 0.955. The quantitative estimate of drug-likeness (QED) is 0.393. The Labute approximate surface area is 154 Å². The molecular formula is C25H22O. The van der Waals surface area contributed by atoms with E-state index < -0.39 is 0 Å². The fourth-order valence-electron chi connectivity index (χ4n) is 4.35. The van der Waals surface area contributed by atoms with E-state index in [1.54, 1.807) is 7.11 Å². The highest BCUT2D eigenvalue weighted by Crippen LogP contribution is 2.36. The van der Waals surface area contributed by atoms with Crippen LogP contribution in [0.3, 0.4) is 0 Å². The Morgan fingerprint density at radius 2 is 1.23 bits per heavy atom. The Kier molecular flexibility index (Phi) is 3.67. The molecule has 4 aliphatic carbocycles. The van der Waals surface area contributed by atoms with Gasteiger partial charge in [-0.25, -0.2) is 0 Å². The van der Waals surface area contributed by atoms with Crippen molar-refractivity contribution in [2.24, 2.45) is 0 Å². The third-order valence-corrected chi connectivity index (χ3v) is 5.78. The van der Waals surface area contributed by atoms with Crippen LogP contribution in [0.1, 0.15) is 22.3 Å². The van der Waals surface area contributed by atoms with Crippen LogP contribution in [0.25, 0.3) is 21.5 Å². The second-order valence-electron chi connectivity index (χ2n) is 7.24. The van der Waals surface area contributed by atoms with Gasteiger partial charge >= 0.3 is 0 Å². The number of rotatable bonds is 1. The zero-order chi connectivity index (χ0) is 17.5. The maximum Gasteiger partial charge on any atom is 0.126 e. The van der Waals surface area contributed by atoms with Crippen LogP contribution >= 0.6 is 0 Å². The van der Waals surface area contributed by atoms with Crippen molar-refractivity contribution < 1.29 is 4.74 Å². The molecular weight excluding hydrogens is 316 g/mol. The Hall–Kier alpha value is -2.80. The Morgan fingerprint density at radius 3 is 1.96 bits per heavy atom. The third-order valence-electron chi connectivity index (χ3n) is 5.78. The first-order chi connectivity index (χ1) is 12.8. The molecule has 0 N–H and O–H groups in total. The first-order valence-corrected chi connectivity index (χ1v) is 9.41. The van der Waals surface area contributed by atoms with Gasteiger partial charge in [-0.05, 0) is 70.2 Å². The van der Waals surface area contributed by atoms with Gasteiger partial charge in [-0.1, -0.05) is 60.7 Å². The molecule has 0 spiro atoms. The van der Waals surface area contributed by atoms with Crippen molar-refractivity contribution in [3.05, 3.63) is 89.0 Å². The Balaban J connectivity index is 1.80. The molecule has 8 rings (SSSR count). The van der Waals surface area contributed by atoms with Gasteiger partial charge < -0.3 is 4.74 Å². The normalized spacial score (nSPS) is 13.7. The van der Waals surface area contributed by atoms with Crippen LogP contribution in [0.2, 0.25) is 0 Å². The molecule has 4 aromatic rings. The van der Waals surface area contributed by atoms with E-state index in [4.69, 9.17) is 4.74 Å². The number of methoxy groups -OCH3 is 1. The van der Waals surface area contributed by atoms with Crippen molar-refractivity contribution in [3.8, 4) is 5.75 Å². The first kappa shape index (κ1) is 15.5. The molecule has 0 amide bonds. The van der Waals surface area contributed by atoms with E-state index in [0.29, 0.717) is 0 Å². The third kappa shape index (κ3) is 2.47. The van der Waals surface area contributed by atoms with Gasteiger partial charge in [-0.15, -0.1) is 0 Å². The van der Waals surface area contributed by atoms with Crippen LogP contribution in [0.4, 0.5) is 0 Å². The summed E-state index contributed by atoms with van der Waals surface area (Å²) in [6.07, 6.45) is 4.30. The second kappa shape index (κ2) is 6.17. The predicted octanol–water partition coefficient (Wildman–Crippen LogP) is 5.89. The van der Waals surface area contributed by atoms with Crippen molar-refractivity contribution in [2.45, 2.75) is 25.7 Å². The molecule has 0 saturated carbocycles. The van der Waals surface area contributed by atoms with Crippen molar-refractivity contribution in [1.82, 2.24) is 0 Å². The molecule has 0 aromatic heterocycles. The van der Waals surface area contributed by atoms with Gasteiger partial charge in [0.15, 0.2) is 0 Å². The molecule has 0 heterocycles. The number of aryl methyl sites for hydroxylation is 4. The zero-order valence-electron chi connectivity index (χ0n) is 15.1. The Bertz CT molecular complexity index is 1110. The van der Waals surface area contributed by atoms with Crippen LogP contribution < -0.4 is 4.74 Å². The summed E-state index contributed by atoms with van der Waals surface area (Å²) in [6, 6.07) is 24.8. The molecule has 0 radical (unpaired) electrons. The number of fused-ring (bicyclic) bond motifs is 1. The molecule has 4 aromatic carbocycles. The summed E-state index contributed by atoms with van der Waals surface area (Å²) in [5.74, 6) is 0.955. The maximum atomic E-state index is 5.62. The van der Waals surface area contributed by atoms with E-state index >= 15 is 0 Å². The zero-order valence-corrected chi connectivity index (χ0v) is 15.1. The number of hydrogen-bond acceptors (Lipinski definition) is 1. The van der Waals surface area contributed by atoms with E-state index in [2.05, 4.69) is 66.7 Å². The SMILES string of the molecule is COc1cccc2c1ccc1c3ccc(c12)CCc1ccc(cc1)CC3. The molecule has 0 saturated heterocycles. The van der Waals surface area contributed by atoms with Crippen molar-refractivity contribution in [3.63, 3.8) is 0 Å². The van der Waals surface area contributed by atoms with Crippen LogP contribution in [-0.4, -0.2) is 7.11 Å². The van der Waals surface area contributed by atoms with E-state index in [9.17, 15) is 0 Å². The lowest BCUT2D eigenvalue weighted by Crippen LogP contribution is -2.00. The van der Waals surface area contributed by atoms with Crippen LogP contribution in [0.5, 0.6) is 5.75 Å². The van der Waals surface area contributed by atoms with E-state index in [1.165, 1.54) is 43.8 Å². The van der Waals surface area contributed by atoms with Gasteiger partial charge in [0, 0.05) is 5.39 Å².